The standard InChI is InChI=1S/C19H17FN2O3/c1-25-19(24)16(12-5-7-14(20)8-6-12)11-22-18(23)15-4-2-3-13-9-10-21-17(13)15/h2-10,16,21H,11H2,1H3,(H,22,23)/t16-/m1/s1. The van der Waals surface area contributed by atoms with Crippen LogP contribution in [0.25, 0.3) is 10.9 Å². The second kappa shape index (κ2) is 7.17. The fourth-order valence-corrected chi connectivity index (χ4v) is 2.74. The van der Waals surface area contributed by atoms with Crippen molar-refractivity contribution < 1.29 is 18.7 Å². The summed E-state index contributed by atoms with van der Waals surface area (Å²) < 4.78 is 17.9. The van der Waals surface area contributed by atoms with Gasteiger partial charge in [-0.2, -0.15) is 0 Å². The van der Waals surface area contributed by atoms with E-state index in [0.29, 0.717) is 11.1 Å². The van der Waals surface area contributed by atoms with Crippen LogP contribution < -0.4 is 5.32 Å². The maximum Gasteiger partial charge on any atom is 0.314 e. The number of carbonyl (C=O) groups is 2. The van der Waals surface area contributed by atoms with Gasteiger partial charge in [-0.05, 0) is 29.8 Å². The van der Waals surface area contributed by atoms with E-state index >= 15 is 0 Å². The Hall–Kier alpha value is -3.15. The summed E-state index contributed by atoms with van der Waals surface area (Å²) in [5, 5.41) is 3.68. The van der Waals surface area contributed by atoms with Crippen molar-refractivity contribution in [3.8, 4) is 0 Å². The number of hydrogen-bond acceptors (Lipinski definition) is 3. The third-order valence-electron chi connectivity index (χ3n) is 4.06. The van der Waals surface area contributed by atoms with Crippen LogP contribution in [0.5, 0.6) is 0 Å². The zero-order valence-corrected chi connectivity index (χ0v) is 13.6. The molecule has 3 rings (SSSR count). The van der Waals surface area contributed by atoms with Crippen molar-refractivity contribution in [1.29, 1.82) is 0 Å². The summed E-state index contributed by atoms with van der Waals surface area (Å²) in [5.74, 6) is -1.90. The Balaban J connectivity index is 1.79. The van der Waals surface area contributed by atoms with Gasteiger partial charge in [0.1, 0.15) is 5.82 Å². The van der Waals surface area contributed by atoms with E-state index in [0.717, 1.165) is 10.9 Å². The molecule has 1 atom stereocenters. The SMILES string of the molecule is COC(=O)[C@H](CNC(=O)c1cccc2cc[nH]c12)c1ccc(F)cc1. The Kier molecular flexibility index (Phi) is 4.79. The molecule has 1 aromatic heterocycles. The van der Waals surface area contributed by atoms with Gasteiger partial charge in [0.15, 0.2) is 0 Å². The number of amides is 1. The van der Waals surface area contributed by atoms with Crippen LogP contribution in [0.15, 0.2) is 54.7 Å². The molecule has 2 N–H and O–H groups in total. The second-order valence-electron chi connectivity index (χ2n) is 5.58. The second-order valence-corrected chi connectivity index (χ2v) is 5.58. The van der Waals surface area contributed by atoms with E-state index in [1.165, 1.54) is 31.4 Å². The predicted molar refractivity (Wildman–Crippen MR) is 91.8 cm³/mol. The number of esters is 1. The highest BCUT2D eigenvalue weighted by molar-refractivity contribution is 6.05. The number of aromatic nitrogens is 1. The summed E-state index contributed by atoms with van der Waals surface area (Å²) in [6, 6.07) is 12.8. The van der Waals surface area contributed by atoms with Gasteiger partial charge < -0.3 is 15.0 Å². The predicted octanol–water partition coefficient (Wildman–Crippen LogP) is 2.99. The van der Waals surface area contributed by atoms with Gasteiger partial charge in [0.05, 0.1) is 24.1 Å². The minimum absolute atomic E-state index is 0.0498. The van der Waals surface area contributed by atoms with Gasteiger partial charge in [0.25, 0.3) is 5.91 Å². The van der Waals surface area contributed by atoms with Crippen molar-refractivity contribution >= 4 is 22.8 Å². The van der Waals surface area contributed by atoms with Crippen LogP contribution >= 0.6 is 0 Å². The third-order valence-corrected chi connectivity index (χ3v) is 4.06. The van der Waals surface area contributed by atoms with E-state index in [9.17, 15) is 14.0 Å². The normalized spacial score (nSPS) is 11.9. The van der Waals surface area contributed by atoms with Crippen molar-refractivity contribution in [2.24, 2.45) is 0 Å². The lowest BCUT2D eigenvalue weighted by Gasteiger charge is -2.16. The smallest absolute Gasteiger partial charge is 0.314 e. The molecule has 128 valence electrons. The molecule has 1 amide bonds. The first kappa shape index (κ1) is 16.7. The van der Waals surface area contributed by atoms with Crippen LogP contribution in [0.2, 0.25) is 0 Å². The largest absolute Gasteiger partial charge is 0.468 e. The van der Waals surface area contributed by atoms with Gasteiger partial charge in [0, 0.05) is 18.1 Å². The number of ether oxygens (including phenoxy) is 1. The third kappa shape index (κ3) is 3.52. The number of halogens is 1. The molecule has 0 fully saturated rings. The van der Waals surface area contributed by atoms with Crippen molar-refractivity contribution in [2.75, 3.05) is 13.7 Å². The van der Waals surface area contributed by atoms with Gasteiger partial charge in [0.2, 0.25) is 0 Å². The van der Waals surface area contributed by atoms with Gasteiger partial charge in [-0.25, -0.2) is 4.39 Å². The number of nitrogens with one attached hydrogen (secondary N) is 2. The molecule has 25 heavy (non-hydrogen) atoms. The number of methoxy groups -OCH3 is 1. The number of H-pyrrole nitrogens is 1. The van der Waals surface area contributed by atoms with Crippen LogP contribution in [0, 0.1) is 5.82 Å². The van der Waals surface area contributed by atoms with Crippen LogP contribution in [0.1, 0.15) is 21.8 Å². The summed E-state index contributed by atoms with van der Waals surface area (Å²) in [6.45, 7) is 0.0498. The lowest BCUT2D eigenvalue weighted by Crippen LogP contribution is -2.32. The molecular weight excluding hydrogens is 323 g/mol. The minimum Gasteiger partial charge on any atom is -0.468 e. The Morgan fingerprint density at radius 3 is 2.64 bits per heavy atom. The molecule has 5 nitrogen and oxygen atoms in total. The fourth-order valence-electron chi connectivity index (χ4n) is 2.74. The molecule has 3 aromatic rings. The first-order valence-corrected chi connectivity index (χ1v) is 7.77. The van der Waals surface area contributed by atoms with Gasteiger partial charge in [-0.3, -0.25) is 9.59 Å². The highest BCUT2D eigenvalue weighted by Crippen LogP contribution is 2.19. The monoisotopic (exact) mass is 340 g/mol. The Morgan fingerprint density at radius 2 is 1.92 bits per heavy atom. The zero-order valence-electron chi connectivity index (χ0n) is 13.6. The Labute approximate surface area is 143 Å². The van der Waals surface area contributed by atoms with Crippen LogP contribution in [0.3, 0.4) is 0 Å². The summed E-state index contributed by atoms with van der Waals surface area (Å²) in [4.78, 5) is 27.6. The van der Waals surface area contributed by atoms with Gasteiger partial charge in [-0.15, -0.1) is 0 Å². The zero-order chi connectivity index (χ0) is 17.8. The number of benzene rings is 2. The van der Waals surface area contributed by atoms with Crippen LogP contribution in [-0.2, 0) is 9.53 Å². The summed E-state index contributed by atoms with van der Waals surface area (Å²) >= 11 is 0. The molecule has 0 radical (unpaired) electrons. The fraction of sp³-hybridized carbons (Fsp3) is 0.158. The quantitative estimate of drug-likeness (QED) is 0.702. The van der Waals surface area contributed by atoms with Crippen LogP contribution in [-0.4, -0.2) is 30.5 Å². The van der Waals surface area contributed by atoms with Crippen molar-refractivity contribution in [1.82, 2.24) is 10.3 Å². The number of hydrogen-bond donors (Lipinski definition) is 2. The topological polar surface area (TPSA) is 71.2 Å². The number of para-hydroxylation sites is 1. The number of fused-ring (bicyclic) bond motifs is 1. The summed E-state index contributed by atoms with van der Waals surface area (Å²) in [5.41, 5.74) is 1.80. The van der Waals surface area contributed by atoms with E-state index < -0.39 is 17.7 Å². The van der Waals surface area contributed by atoms with Crippen molar-refractivity contribution in [2.45, 2.75) is 5.92 Å². The molecule has 2 aromatic carbocycles. The average Bonchev–Trinajstić information content (AvgIpc) is 3.11. The van der Waals surface area contributed by atoms with E-state index in [2.05, 4.69) is 10.3 Å². The first-order chi connectivity index (χ1) is 12.1. The first-order valence-electron chi connectivity index (χ1n) is 7.77. The molecule has 0 saturated carbocycles. The van der Waals surface area contributed by atoms with E-state index in [1.54, 1.807) is 18.3 Å². The highest BCUT2D eigenvalue weighted by atomic mass is 19.1. The summed E-state index contributed by atoms with van der Waals surface area (Å²) in [7, 11) is 1.28. The van der Waals surface area contributed by atoms with E-state index in [-0.39, 0.29) is 12.5 Å². The lowest BCUT2D eigenvalue weighted by atomic mass is 9.99. The Bertz CT molecular complexity index is 902. The summed E-state index contributed by atoms with van der Waals surface area (Å²) in [6.07, 6.45) is 1.76. The van der Waals surface area contributed by atoms with E-state index in [4.69, 9.17) is 4.74 Å². The number of carbonyl (C=O) groups excluding carboxylic acids is 2. The molecule has 0 aliphatic carbocycles. The van der Waals surface area contributed by atoms with Crippen molar-refractivity contribution in [3.05, 3.63) is 71.7 Å². The molecule has 0 bridgehead atoms. The molecule has 6 heteroatoms. The molecule has 0 aliphatic heterocycles. The number of rotatable bonds is 5. The van der Waals surface area contributed by atoms with Crippen molar-refractivity contribution in [3.63, 3.8) is 0 Å². The molecule has 0 aliphatic rings. The van der Waals surface area contributed by atoms with Crippen LogP contribution in [0.4, 0.5) is 4.39 Å². The molecule has 1 heterocycles. The maximum atomic E-state index is 13.1. The Morgan fingerprint density at radius 1 is 1.16 bits per heavy atom. The maximum absolute atomic E-state index is 13.1. The molecule has 0 unspecified atom stereocenters. The minimum atomic E-state index is -0.711. The molecule has 0 spiro atoms. The van der Waals surface area contributed by atoms with Gasteiger partial charge >= 0.3 is 5.97 Å². The average molecular weight is 340 g/mol. The van der Waals surface area contributed by atoms with E-state index in [1.807, 2.05) is 12.1 Å². The molecule has 0 saturated heterocycles. The molecular formula is C19H17FN2O3. The highest BCUT2D eigenvalue weighted by Gasteiger charge is 2.23. The lowest BCUT2D eigenvalue weighted by molar-refractivity contribution is -0.142. The number of aromatic amines is 1. The van der Waals surface area contributed by atoms with Gasteiger partial charge in [-0.1, -0.05) is 24.3 Å².